The smallest absolute Gasteiger partial charge is 0.124 e. The molecule has 0 radical (unpaired) electrons. The first-order valence-corrected chi connectivity index (χ1v) is 5.66. The van der Waals surface area contributed by atoms with Crippen LogP contribution in [0.25, 0.3) is 0 Å². The maximum atomic E-state index is 5.66. The molecule has 0 unspecified atom stereocenters. The summed E-state index contributed by atoms with van der Waals surface area (Å²) in [7, 11) is 0. The molecule has 15 heavy (non-hydrogen) atoms. The standard InChI is InChI=1S/C12H13NOS/c1-9-4-3-5-11(6-9)14-8-12-7-13-10(2)15-12/h3-7H,8H2,1-2H3. The van der Waals surface area contributed by atoms with Gasteiger partial charge in [0.1, 0.15) is 12.4 Å². The molecule has 1 heterocycles. The molecule has 0 N–H and O–H groups in total. The number of benzene rings is 1. The van der Waals surface area contributed by atoms with E-state index in [0.29, 0.717) is 6.61 Å². The van der Waals surface area contributed by atoms with E-state index in [9.17, 15) is 0 Å². The highest BCUT2D eigenvalue weighted by atomic mass is 32.1. The lowest BCUT2D eigenvalue weighted by Gasteiger charge is -2.04. The second kappa shape index (κ2) is 4.45. The van der Waals surface area contributed by atoms with Crippen LogP contribution >= 0.6 is 11.3 Å². The topological polar surface area (TPSA) is 22.1 Å². The minimum Gasteiger partial charge on any atom is -0.488 e. The largest absolute Gasteiger partial charge is 0.488 e. The highest BCUT2D eigenvalue weighted by molar-refractivity contribution is 7.11. The fourth-order valence-corrected chi connectivity index (χ4v) is 2.04. The van der Waals surface area contributed by atoms with Crippen molar-refractivity contribution in [3.63, 3.8) is 0 Å². The van der Waals surface area contributed by atoms with Crippen LogP contribution in [-0.2, 0) is 6.61 Å². The van der Waals surface area contributed by atoms with Crippen molar-refractivity contribution in [3.8, 4) is 5.75 Å². The Bertz CT molecular complexity index is 450. The van der Waals surface area contributed by atoms with Gasteiger partial charge >= 0.3 is 0 Å². The van der Waals surface area contributed by atoms with E-state index in [-0.39, 0.29) is 0 Å². The molecule has 0 aliphatic rings. The molecule has 1 aromatic heterocycles. The Labute approximate surface area is 93.6 Å². The zero-order valence-corrected chi connectivity index (χ0v) is 9.67. The Morgan fingerprint density at radius 2 is 2.20 bits per heavy atom. The maximum absolute atomic E-state index is 5.66. The van der Waals surface area contributed by atoms with E-state index in [0.717, 1.165) is 15.6 Å². The Balaban J connectivity index is 1.99. The van der Waals surface area contributed by atoms with Gasteiger partial charge in [0, 0.05) is 6.20 Å². The average Bonchev–Trinajstić information content (AvgIpc) is 2.62. The summed E-state index contributed by atoms with van der Waals surface area (Å²) in [5.74, 6) is 0.918. The predicted octanol–water partition coefficient (Wildman–Crippen LogP) is 3.34. The van der Waals surface area contributed by atoms with Gasteiger partial charge in [-0.25, -0.2) is 4.98 Å². The summed E-state index contributed by atoms with van der Waals surface area (Å²) in [6.45, 7) is 4.67. The molecule has 0 saturated carbocycles. The van der Waals surface area contributed by atoms with Crippen molar-refractivity contribution in [3.05, 3.63) is 45.9 Å². The molecule has 2 nitrogen and oxygen atoms in total. The Kier molecular flexibility index (Phi) is 3.02. The summed E-state index contributed by atoms with van der Waals surface area (Å²) in [4.78, 5) is 5.35. The molecule has 1 aromatic carbocycles. The Hall–Kier alpha value is -1.35. The zero-order chi connectivity index (χ0) is 10.7. The van der Waals surface area contributed by atoms with Gasteiger partial charge in [-0.2, -0.15) is 0 Å². The maximum Gasteiger partial charge on any atom is 0.124 e. The summed E-state index contributed by atoms with van der Waals surface area (Å²) in [5, 5.41) is 1.08. The van der Waals surface area contributed by atoms with Gasteiger partial charge in [0.05, 0.1) is 9.88 Å². The summed E-state index contributed by atoms with van der Waals surface area (Å²) < 4.78 is 5.66. The molecule has 2 rings (SSSR count). The molecule has 0 aliphatic carbocycles. The van der Waals surface area contributed by atoms with E-state index >= 15 is 0 Å². The number of hydrogen-bond donors (Lipinski definition) is 0. The molecule has 0 saturated heterocycles. The zero-order valence-electron chi connectivity index (χ0n) is 8.86. The molecule has 0 atom stereocenters. The van der Waals surface area contributed by atoms with Crippen LogP contribution in [-0.4, -0.2) is 4.98 Å². The van der Waals surface area contributed by atoms with Crippen LogP contribution in [0.5, 0.6) is 5.75 Å². The number of rotatable bonds is 3. The quantitative estimate of drug-likeness (QED) is 0.790. The Morgan fingerprint density at radius 1 is 1.33 bits per heavy atom. The van der Waals surface area contributed by atoms with E-state index < -0.39 is 0 Å². The van der Waals surface area contributed by atoms with Gasteiger partial charge in [-0.15, -0.1) is 11.3 Å². The highest BCUT2D eigenvalue weighted by Crippen LogP contribution is 2.17. The van der Waals surface area contributed by atoms with Gasteiger partial charge in [0.2, 0.25) is 0 Å². The fraction of sp³-hybridized carbons (Fsp3) is 0.250. The number of aryl methyl sites for hydroxylation is 2. The van der Waals surface area contributed by atoms with Crippen LogP contribution in [0, 0.1) is 13.8 Å². The molecule has 0 fully saturated rings. The van der Waals surface area contributed by atoms with Gasteiger partial charge in [-0.3, -0.25) is 0 Å². The molecular weight excluding hydrogens is 206 g/mol. The molecule has 0 spiro atoms. The molecule has 0 aliphatic heterocycles. The van der Waals surface area contributed by atoms with Gasteiger partial charge in [-0.1, -0.05) is 12.1 Å². The van der Waals surface area contributed by atoms with Crippen molar-refractivity contribution >= 4 is 11.3 Å². The molecular formula is C12H13NOS. The monoisotopic (exact) mass is 219 g/mol. The number of ether oxygens (including phenoxy) is 1. The summed E-state index contributed by atoms with van der Waals surface area (Å²) in [6.07, 6.45) is 1.87. The SMILES string of the molecule is Cc1cccc(OCc2cnc(C)s2)c1. The minimum absolute atomic E-state index is 0.606. The third-order valence-corrected chi connectivity index (χ3v) is 2.93. The average molecular weight is 219 g/mol. The van der Waals surface area contributed by atoms with E-state index in [1.807, 2.05) is 31.3 Å². The van der Waals surface area contributed by atoms with Crippen LogP contribution in [0.3, 0.4) is 0 Å². The van der Waals surface area contributed by atoms with Crippen LogP contribution in [0.4, 0.5) is 0 Å². The summed E-state index contributed by atoms with van der Waals surface area (Å²) in [5.41, 5.74) is 1.22. The number of nitrogens with zero attached hydrogens (tertiary/aromatic N) is 1. The van der Waals surface area contributed by atoms with Crippen molar-refractivity contribution in [2.45, 2.75) is 20.5 Å². The van der Waals surface area contributed by atoms with Crippen molar-refractivity contribution in [1.82, 2.24) is 4.98 Å². The van der Waals surface area contributed by atoms with Gasteiger partial charge < -0.3 is 4.74 Å². The number of aromatic nitrogens is 1. The normalized spacial score (nSPS) is 10.3. The molecule has 78 valence electrons. The third-order valence-electron chi connectivity index (χ3n) is 2.04. The lowest BCUT2D eigenvalue weighted by molar-refractivity contribution is 0.309. The molecule has 2 aromatic rings. The van der Waals surface area contributed by atoms with Crippen LogP contribution in [0.15, 0.2) is 30.5 Å². The summed E-state index contributed by atoms with van der Waals surface area (Å²) >= 11 is 1.68. The highest BCUT2D eigenvalue weighted by Gasteiger charge is 1.99. The van der Waals surface area contributed by atoms with Crippen LogP contribution in [0.2, 0.25) is 0 Å². The van der Waals surface area contributed by atoms with Crippen LogP contribution < -0.4 is 4.74 Å². The molecule has 3 heteroatoms. The van der Waals surface area contributed by atoms with Crippen molar-refractivity contribution < 1.29 is 4.74 Å². The van der Waals surface area contributed by atoms with Crippen molar-refractivity contribution in [1.29, 1.82) is 0 Å². The minimum atomic E-state index is 0.606. The van der Waals surface area contributed by atoms with Gasteiger partial charge in [-0.05, 0) is 31.5 Å². The lowest BCUT2D eigenvalue weighted by Crippen LogP contribution is -1.92. The molecule has 0 bridgehead atoms. The first kappa shape index (κ1) is 10.2. The van der Waals surface area contributed by atoms with E-state index in [1.54, 1.807) is 11.3 Å². The summed E-state index contributed by atoms with van der Waals surface area (Å²) in [6, 6.07) is 8.07. The van der Waals surface area contributed by atoms with E-state index in [2.05, 4.69) is 18.0 Å². The molecule has 0 amide bonds. The third kappa shape index (κ3) is 2.80. The number of hydrogen-bond acceptors (Lipinski definition) is 3. The van der Waals surface area contributed by atoms with Gasteiger partial charge in [0.25, 0.3) is 0 Å². The van der Waals surface area contributed by atoms with Crippen molar-refractivity contribution in [2.75, 3.05) is 0 Å². The fourth-order valence-electron chi connectivity index (χ4n) is 1.33. The van der Waals surface area contributed by atoms with E-state index in [1.165, 1.54) is 5.56 Å². The second-order valence-electron chi connectivity index (χ2n) is 3.45. The second-order valence-corrected chi connectivity index (χ2v) is 4.77. The lowest BCUT2D eigenvalue weighted by atomic mass is 10.2. The first-order chi connectivity index (χ1) is 7.24. The first-order valence-electron chi connectivity index (χ1n) is 4.85. The van der Waals surface area contributed by atoms with E-state index in [4.69, 9.17) is 4.74 Å². The van der Waals surface area contributed by atoms with Gasteiger partial charge in [0.15, 0.2) is 0 Å². The number of thiazole rings is 1. The Morgan fingerprint density at radius 3 is 2.87 bits per heavy atom. The van der Waals surface area contributed by atoms with Crippen molar-refractivity contribution in [2.24, 2.45) is 0 Å². The predicted molar refractivity (Wildman–Crippen MR) is 62.4 cm³/mol. The van der Waals surface area contributed by atoms with Crippen LogP contribution in [0.1, 0.15) is 15.4 Å².